The molecule has 0 bridgehead atoms. The number of ether oxygens (including phenoxy) is 2. The summed E-state index contributed by atoms with van der Waals surface area (Å²) in [4.78, 5) is 38.1. The Morgan fingerprint density at radius 1 is 1.07 bits per heavy atom. The molecule has 2 aromatic rings. The molecule has 0 radical (unpaired) electrons. The van der Waals surface area contributed by atoms with Gasteiger partial charge in [0, 0.05) is 11.1 Å². The number of amides is 2. The van der Waals surface area contributed by atoms with Crippen molar-refractivity contribution in [3.8, 4) is 11.5 Å². The molecule has 1 atom stereocenters. The number of para-hydroxylation sites is 2. The van der Waals surface area contributed by atoms with Crippen molar-refractivity contribution in [2.75, 3.05) is 0 Å². The Morgan fingerprint density at radius 2 is 1.57 bits per heavy atom. The number of nitrogens with two attached hydrogens (primary N) is 1. The number of carbonyl (C=O) groups is 3. The molecule has 1 heterocycles. The molecule has 0 aliphatic carbocycles. The summed E-state index contributed by atoms with van der Waals surface area (Å²) in [7, 11) is 0. The first-order valence-electron chi connectivity index (χ1n) is 9.46. The van der Waals surface area contributed by atoms with Crippen molar-refractivity contribution >= 4 is 18.0 Å². The number of primary amides is 1. The average molecular weight is 412 g/mol. The predicted octanol–water partition coefficient (Wildman–Crippen LogP) is 3.45. The van der Waals surface area contributed by atoms with Crippen molar-refractivity contribution in [2.45, 2.75) is 44.9 Å². The van der Waals surface area contributed by atoms with Crippen molar-refractivity contribution in [1.29, 1.82) is 0 Å². The van der Waals surface area contributed by atoms with Crippen LogP contribution in [0.15, 0.2) is 48.5 Å². The smallest absolute Gasteiger partial charge is 0.411 e. The average Bonchev–Trinajstić information content (AvgIpc) is 2.65. The maximum absolute atomic E-state index is 13.3. The third-order valence-electron chi connectivity index (χ3n) is 4.54. The number of carboxylic acid groups (broad SMARTS) is 1. The standard InChI is InChI=1S/C22H24N2O6/c1-22(2,3)30-21(28)24(15(20(26)27)12-18(23)25)19-13-8-4-6-10-16(13)29-17-11-7-5-9-14(17)19/h4-11,15,19H,12H2,1-3H3,(H2,23,25)(H,26,27)/t15-/m1/s1. The number of nitrogens with zero attached hydrogens (tertiary/aromatic N) is 1. The Balaban J connectivity index is 2.21. The van der Waals surface area contributed by atoms with Gasteiger partial charge in [0.2, 0.25) is 5.91 Å². The number of carboxylic acids is 1. The van der Waals surface area contributed by atoms with Crippen molar-refractivity contribution in [2.24, 2.45) is 5.73 Å². The summed E-state index contributed by atoms with van der Waals surface area (Å²) in [5.41, 5.74) is 5.59. The second-order valence-electron chi connectivity index (χ2n) is 7.99. The molecular weight excluding hydrogens is 388 g/mol. The van der Waals surface area contributed by atoms with Gasteiger partial charge in [-0.1, -0.05) is 36.4 Å². The summed E-state index contributed by atoms with van der Waals surface area (Å²) in [6, 6.07) is 11.7. The molecule has 3 N–H and O–H groups in total. The van der Waals surface area contributed by atoms with Gasteiger partial charge in [-0.3, -0.25) is 9.69 Å². The number of benzene rings is 2. The van der Waals surface area contributed by atoms with Crippen molar-refractivity contribution < 1.29 is 29.0 Å². The van der Waals surface area contributed by atoms with Crippen LogP contribution in [0.3, 0.4) is 0 Å². The lowest BCUT2D eigenvalue weighted by molar-refractivity contribution is -0.146. The van der Waals surface area contributed by atoms with Gasteiger partial charge < -0.3 is 20.3 Å². The summed E-state index contributed by atoms with van der Waals surface area (Å²) in [6.07, 6.45) is -1.43. The monoisotopic (exact) mass is 412 g/mol. The molecule has 1 aliphatic rings. The van der Waals surface area contributed by atoms with Crippen LogP contribution in [0.5, 0.6) is 11.5 Å². The number of fused-ring (bicyclic) bond motifs is 2. The van der Waals surface area contributed by atoms with Crippen LogP contribution in [0.1, 0.15) is 44.4 Å². The molecule has 0 saturated carbocycles. The third kappa shape index (κ3) is 4.37. The summed E-state index contributed by atoms with van der Waals surface area (Å²) < 4.78 is 11.5. The highest BCUT2D eigenvalue weighted by molar-refractivity contribution is 5.87. The van der Waals surface area contributed by atoms with E-state index >= 15 is 0 Å². The minimum absolute atomic E-state index is 0.484. The number of aliphatic carboxylic acids is 1. The van der Waals surface area contributed by atoms with Gasteiger partial charge in [-0.15, -0.1) is 0 Å². The van der Waals surface area contributed by atoms with Crippen LogP contribution < -0.4 is 10.5 Å². The van der Waals surface area contributed by atoms with E-state index in [9.17, 15) is 19.5 Å². The maximum Gasteiger partial charge on any atom is 0.411 e. The summed E-state index contributed by atoms with van der Waals surface area (Å²) >= 11 is 0. The van der Waals surface area contributed by atoms with E-state index in [1.54, 1.807) is 69.3 Å². The Kier molecular flexibility index (Phi) is 5.69. The number of hydrogen-bond acceptors (Lipinski definition) is 5. The van der Waals surface area contributed by atoms with Gasteiger partial charge in [0.05, 0.1) is 12.5 Å². The normalized spacial score (nSPS) is 14.0. The molecule has 8 nitrogen and oxygen atoms in total. The van der Waals surface area contributed by atoms with Gasteiger partial charge >= 0.3 is 12.1 Å². The third-order valence-corrected chi connectivity index (χ3v) is 4.54. The van der Waals surface area contributed by atoms with Gasteiger partial charge in [0.1, 0.15) is 23.1 Å². The van der Waals surface area contributed by atoms with E-state index in [-0.39, 0.29) is 0 Å². The molecule has 2 aromatic carbocycles. The molecule has 2 amide bonds. The SMILES string of the molecule is CC(C)(C)OC(=O)N(C1c2ccccc2Oc2ccccc21)[C@H](CC(N)=O)C(=O)O. The molecular formula is C22H24N2O6. The lowest BCUT2D eigenvalue weighted by atomic mass is 9.91. The fourth-order valence-electron chi connectivity index (χ4n) is 3.41. The fourth-order valence-corrected chi connectivity index (χ4v) is 3.41. The largest absolute Gasteiger partial charge is 0.480 e. The highest BCUT2D eigenvalue weighted by Crippen LogP contribution is 2.46. The van der Waals surface area contributed by atoms with Crippen LogP contribution in [-0.2, 0) is 14.3 Å². The maximum atomic E-state index is 13.3. The molecule has 3 rings (SSSR count). The van der Waals surface area contributed by atoms with E-state index < -0.39 is 42.1 Å². The zero-order chi connectivity index (χ0) is 22.1. The predicted molar refractivity (Wildman–Crippen MR) is 108 cm³/mol. The molecule has 0 saturated heterocycles. The molecule has 158 valence electrons. The van der Waals surface area contributed by atoms with Crippen LogP contribution in [0.25, 0.3) is 0 Å². The van der Waals surface area contributed by atoms with E-state index in [2.05, 4.69) is 0 Å². The molecule has 1 aliphatic heterocycles. The van der Waals surface area contributed by atoms with E-state index in [4.69, 9.17) is 15.2 Å². The second-order valence-corrected chi connectivity index (χ2v) is 7.99. The van der Waals surface area contributed by atoms with E-state index in [0.717, 1.165) is 4.90 Å². The first-order valence-corrected chi connectivity index (χ1v) is 9.46. The van der Waals surface area contributed by atoms with Gasteiger partial charge in [-0.05, 0) is 32.9 Å². The zero-order valence-electron chi connectivity index (χ0n) is 17.0. The molecule has 8 heteroatoms. The van der Waals surface area contributed by atoms with E-state index in [0.29, 0.717) is 22.6 Å². The first-order chi connectivity index (χ1) is 14.1. The summed E-state index contributed by atoms with van der Waals surface area (Å²) in [5.74, 6) is -1.23. The van der Waals surface area contributed by atoms with Gasteiger partial charge in [-0.2, -0.15) is 0 Å². The van der Waals surface area contributed by atoms with E-state index in [1.165, 1.54) is 0 Å². The molecule has 30 heavy (non-hydrogen) atoms. The topological polar surface area (TPSA) is 119 Å². The fraction of sp³-hybridized carbons (Fsp3) is 0.318. The van der Waals surface area contributed by atoms with Crippen molar-refractivity contribution in [3.05, 3.63) is 59.7 Å². The highest BCUT2D eigenvalue weighted by atomic mass is 16.6. The molecule has 0 aromatic heterocycles. The summed E-state index contributed by atoms with van der Waals surface area (Å²) in [5, 5.41) is 9.88. The molecule has 0 spiro atoms. The Labute approximate surface area is 174 Å². The molecule has 0 unspecified atom stereocenters. The second kappa shape index (κ2) is 8.06. The van der Waals surface area contributed by atoms with Crippen molar-refractivity contribution in [1.82, 2.24) is 4.90 Å². The lowest BCUT2D eigenvalue weighted by Gasteiger charge is -2.40. The minimum atomic E-state index is -1.53. The van der Waals surface area contributed by atoms with Crippen LogP contribution in [0.2, 0.25) is 0 Å². The lowest BCUT2D eigenvalue weighted by Crippen LogP contribution is -2.51. The Hall–Kier alpha value is -3.55. The minimum Gasteiger partial charge on any atom is -0.480 e. The van der Waals surface area contributed by atoms with Gasteiger partial charge in [0.15, 0.2) is 0 Å². The van der Waals surface area contributed by atoms with Crippen LogP contribution >= 0.6 is 0 Å². The van der Waals surface area contributed by atoms with Gasteiger partial charge in [0.25, 0.3) is 0 Å². The molecule has 0 fully saturated rings. The van der Waals surface area contributed by atoms with Crippen LogP contribution in [-0.4, -0.2) is 39.6 Å². The Bertz CT molecular complexity index is 936. The van der Waals surface area contributed by atoms with Gasteiger partial charge in [-0.25, -0.2) is 9.59 Å². The van der Waals surface area contributed by atoms with Crippen LogP contribution in [0, 0.1) is 0 Å². The van der Waals surface area contributed by atoms with Crippen molar-refractivity contribution in [3.63, 3.8) is 0 Å². The van der Waals surface area contributed by atoms with E-state index in [1.807, 2.05) is 0 Å². The summed E-state index contributed by atoms with van der Waals surface area (Å²) in [6.45, 7) is 5.04. The highest BCUT2D eigenvalue weighted by Gasteiger charge is 2.43. The first kappa shape index (κ1) is 21.2. The Morgan fingerprint density at radius 3 is 2.00 bits per heavy atom. The number of rotatable bonds is 5. The number of hydrogen-bond donors (Lipinski definition) is 2. The zero-order valence-corrected chi connectivity index (χ0v) is 17.0. The van der Waals surface area contributed by atoms with Crippen LogP contribution in [0.4, 0.5) is 4.79 Å². The number of carbonyl (C=O) groups excluding carboxylic acids is 2. The quantitative estimate of drug-likeness (QED) is 0.776.